The standard InChI is InChI=1S/C17H19N7O/c1-9(2)24-11(4)14(10(3)23-24)20-17-15-13(7-18-22-15)19-16(21-17)12-5-6-25-8-12/h5-9H,1-4H3,(H,18,22)(H,19,20,21). The van der Waals surface area contributed by atoms with Crippen molar-refractivity contribution in [1.29, 1.82) is 0 Å². The summed E-state index contributed by atoms with van der Waals surface area (Å²) in [5.41, 5.74) is 5.23. The van der Waals surface area contributed by atoms with E-state index in [0.29, 0.717) is 11.6 Å². The summed E-state index contributed by atoms with van der Waals surface area (Å²) >= 11 is 0. The van der Waals surface area contributed by atoms with Gasteiger partial charge in [0.25, 0.3) is 0 Å². The van der Waals surface area contributed by atoms with E-state index in [2.05, 4.69) is 44.4 Å². The van der Waals surface area contributed by atoms with E-state index in [-0.39, 0.29) is 6.04 Å². The zero-order valence-corrected chi connectivity index (χ0v) is 14.5. The molecule has 4 aromatic rings. The van der Waals surface area contributed by atoms with Crippen LogP contribution in [0.15, 0.2) is 29.2 Å². The van der Waals surface area contributed by atoms with E-state index in [0.717, 1.165) is 33.7 Å². The molecule has 0 saturated heterocycles. The second-order valence-electron chi connectivity index (χ2n) is 6.25. The van der Waals surface area contributed by atoms with Gasteiger partial charge >= 0.3 is 0 Å². The Morgan fingerprint density at radius 1 is 1.24 bits per heavy atom. The zero-order chi connectivity index (χ0) is 17.6. The molecule has 25 heavy (non-hydrogen) atoms. The smallest absolute Gasteiger partial charge is 0.165 e. The predicted octanol–water partition coefficient (Wildman–Crippen LogP) is 3.75. The van der Waals surface area contributed by atoms with Crippen molar-refractivity contribution in [3.05, 3.63) is 36.2 Å². The minimum absolute atomic E-state index is 0.285. The molecule has 0 aliphatic rings. The number of aromatic amines is 1. The van der Waals surface area contributed by atoms with Crippen molar-refractivity contribution in [2.75, 3.05) is 5.32 Å². The molecule has 0 aromatic carbocycles. The summed E-state index contributed by atoms with van der Waals surface area (Å²) in [6, 6.07) is 2.12. The van der Waals surface area contributed by atoms with Crippen LogP contribution in [0, 0.1) is 13.8 Å². The van der Waals surface area contributed by atoms with Crippen LogP contribution in [0.1, 0.15) is 31.3 Å². The van der Waals surface area contributed by atoms with Gasteiger partial charge in [-0.25, -0.2) is 9.97 Å². The Balaban J connectivity index is 1.83. The number of anilines is 2. The number of rotatable bonds is 4. The number of fused-ring (bicyclic) bond motifs is 1. The number of aryl methyl sites for hydroxylation is 1. The lowest BCUT2D eigenvalue weighted by atomic mass is 10.2. The fourth-order valence-corrected chi connectivity index (χ4v) is 2.92. The third-order valence-corrected chi connectivity index (χ3v) is 4.14. The zero-order valence-electron chi connectivity index (χ0n) is 14.5. The van der Waals surface area contributed by atoms with Gasteiger partial charge < -0.3 is 9.73 Å². The highest BCUT2D eigenvalue weighted by Gasteiger charge is 2.17. The molecule has 128 valence electrons. The topological polar surface area (TPSA) is 97.5 Å². The van der Waals surface area contributed by atoms with Crippen LogP contribution in [0.5, 0.6) is 0 Å². The summed E-state index contributed by atoms with van der Waals surface area (Å²) in [4.78, 5) is 9.19. The maximum Gasteiger partial charge on any atom is 0.165 e. The van der Waals surface area contributed by atoms with E-state index in [1.54, 1.807) is 18.7 Å². The number of aromatic nitrogens is 6. The summed E-state index contributed by atoms with van der Waals surface area (Å²) in [5, 5.41) is 15.1. The monoisotopic (exact) mass is 337 g/mol. The molecular formula is C17H19N7O. The van der Waals surface area contributed by atoms with Crippen molar-refractivity contribution in [1.82, 2.24) is 29.9 Å². The molecular weight excluding hydrogens is 318 g/mol. The Bertz CT molecular complexity index is 1030. The van der Waals surface area contributed by atoms with Gasteiger partial charge in [-0.15, -0.1) is 0 Å². The summed E-state index contributed by atoms with van der Waals surface area (Å²) in [5.74, 6) is 1.24. The molecule has 0 aliphatic carbocycles. The summed E-state index contributed by atoms with van der Waals surface area (Å²) in [6.45, 7) is 8.25. The fraction of sp³-hybridized carbons (Fsp3) is 0.294. The molecule has 0 amide bonds. The molecule has 0 unspecified atom stereocenters. The van der Waals surface area contributed by atoms with E-state index in [1.807, 2.05) is 24.6 Å². The number of nitrogens with one attached hydrogen (secondary N) is 2. The largest absolute Gasteiger partial charge is 0.472 e. The molecule has 0 fully saturated rings. The Kier molecular flexibility index (Phi) is 3.52. The third-order valence-electron chi connectivity index (χ3n) is 4.14. The van der Waals surface area contributed by atoms with Crippen LogP contribution >= 0.6 is 0 Å². The quantitative estimate of drug-likeness (QED) is 0.588. The van der Waals surface area contributed by atoms with Crippen LogP contribution in [-0.4, -0.2) is 29.9 Å². The first kappa shape index (κ1) is 15.4. The molecule has 0 bridgehead atoms. The number of hydrogen-bond donors (Lipinski definition) is 2. The van der Waals surface area contributed by atoms with E-state index in [9.17, 15) is 0 Å². The van der Waals surface area contributed by atoms with Crippen LogP contribution in [0.3, 0.4) is 0 Å². The second kappa shape index (κ2) is 5.73. The summed E-state index contributed by atoms with van der Waals surface area (Å²) in [7, 11) is 0. The molecule has 0 radical (unpaired) electrons. The van der Waals surface area contributed by atoms with Crippen molar-refractivity contribution >= 4 is 22.5 Å². The Labute approximate surface area is 144 Å². The normalized spacial score (nSPS) is 11.6. The van der Waals surface area contributed by atoms with Crippen molar-refractivity contribution in [2.45, 2.75) is 33.7 Å². The van der Waals surface area contributed by atoms with E-state index in [1.165, 1.54) is 0 Å². The van der Waals surface area contributed by atoms with E-state index >= 15 is 0 Å². The highest BCUT2D eigenvalue weighted by molar-refractivity contribution is 5.88. The molecule has 4 rings (SSSR count). The van der Waals surface area contributed by atoms with E-state index < -0.39 is 0 Å². The van der Waals surface area contributed by atoms with Crippen molar-refractivity contribution in [3.8, 4) is 11.4 Å². The molecule has 0 spiro atoms. The van der Waals surface area contributed by atoms with Gasteiger partial charge in [0.1, 0.15) is 17.3 Å². The molecule has 0 saturated carbocycles. The predicted molar refractivity (Wildman–Crippen MR) is 94.8 cm³/mol. The Morgan fingerprint density at radius 3 is 2.76 bits per heavy atom. The fourth-order valence-electron chi connectivity index (χ4n) is 2.92. The minimum Gasteiger partial charge on any atom is -0.472 e. The van der Waals surface area contributed by atoms with Crippen molar-refractivity contribution in [3.63, 3.8) is 0 Å². The average molecular weight is 337 g/mol. The van der Waals surface area contributed by atoms with Crippen LogP contribution in [-0.2, 0) is 0 Å². The highest BCUT2D eigenvalue weighted by Crippen LogP contribution is 2.29. The number of hydrogen-bond acceptors (Lipinski definition) is 6. The average Bonchev–Trinajstić information content (AvgIpc) is 3.30. The van der Waals surface area contributed by atoms with Gasteiger partial charge in [0, 0.05) is 6.04 Å². The molecule has 4 heterocycles. The van der Waals surface area contributed by atoms with Gasteiger partial charge in [-0.3, -0.25) is 9.78 Å². The van der Waals surface area contributed by atoms with E-state index in [4.69, 9.17) is 4.42 Å². The lowest BCUT2D eigenvalue weighted by Crippen LogP contribution is -2.05. The maximum atomic E-state index is 5.15. The molecule has 2 N–H and O–H groups in total. The van der Waals surface area contributed by atoms with Crippen LogP contribution in [0.25, 0.3) is 22.4 Å². The molecule has 8 heteroatoms. The Hall–Kier alpha value is -3.16. The SMILES string of the molecule is Cc1nn(C(C)C)c(C)c1Nc1nc(-c2ccoc2)nc2cn[nH]c12. The van der Waals surface area contributed by atoms with Crippen LogP contribution < -0.4 is 5.32 Å². The third kappa shape index (κ3) is 2.55. The van der Waals surface area contributed by atoms with Crippen molar-refractivity contribution in [2.24, 2.45) is 0 Å². The number of H-pyrrole nitrogens is 1. The summed E-state index contributed by atoms with van der Waals surface area (Å²) < 4.78 is 7.15. The first-order valence-corrected chi connectivity index (χ1v) is 8.11. The molecule has 4 aromatic heterocycles. The van der Waals surface area contributed by atoms with Gasteiger partial charge in [-0.05, 0) is 33.8 Å². The summed E-state index contributed by atoms with van der Waals surface area (Å²) in [6.07, 6.45) is 4.91. The van der Waals surface area contributed by atoms with Crippen molar-refractivity contribution < 1.29 is 4.42 Å². The van der Waals surface area contributed by atoms with Crippen LogP contribution in [0.4, 0.5) is 11.5 Å². The first-order chi connectivity index (χ1) is 12.0. The minimum atomic E-state index is 0.285. The van der Waals surface area contributed by atoms with Gasteiger partial charge in [0.05, 0.1) is 35.1 Å². The van der Waals surface area contributed by atoms with Crippen LogP contribution in [0.2, 0.25) is 0 Å². The lowest BCUT2D eigenvalue weighted by molar-refractivity contribution is 0.516. The molecule has 0 aliphatic heterocycles. The van der Waals surface area contributed by atoms with Gasteiger partial charge in [-0.2, -0.15) is 10.2 Å². The first-order valence-electron chi connectivity index (χ1n) is 8.11. The second-order valence-corrected chi connectivity index (χ2v) is 6.25. The highest BCUT2D eigenvalue weighted by atomic mass is 16.3. The number of furan rings is 1. The molecule has 0 atom stereocenters. The lowest BCUT2D eigenvalue weighted by Gasteiger charge is -2.10. The maximum absolute atomic E-state index is 5.15. The Morgan fingerprint density at radius 2 is 2.08 bits per heavy atom. The molecule has 8 nitrogen and oxygen atoms in total. The number of nitrogens with zero attached hydrogens (tertiary/aromatic N) is 5. The van der Waals surface area contributed by atoms with Gasteiger partial charge in [-0.1, -0.05) is 0 Å². The van der Waals surface area contributed by atoms with Gasteiger partial charge in [0.15, 0.2) is 11.6 Å². The van der Waals surface area contributed by atoms with Gasteiger partial charge in [0.2, 0.25) is 0 Å².